The second-order valence-corrected chi connectivity index (χ2v) is 7.40. The first kappa shape index (κ1) is 16.6. The fourth-order valence-electron chi connectivity index (χ4n) is 2.75. The fraction of sp³-hybridized carbons (Fsp3) is 0.176. The van der Waals surface area contributed by atoms with Crippen molar-refractivity contribution in [3.63, 3.8) is 0 Å². The molecule has 1 atom stereocenters. The molecule has 3 nitrogen and oxygen atoms in total. The molecule has 126 valence electrons. The Morgan fingerprint density at radius 3 is 2.21 bits per heavy atom. The van der Waals surface area contributed by atoms with Crippen LogP contribution in [-0.4, -0.2) is 14.7 Å². The lowest BCUT2D eigenvalue weighted by atomic mass is 9.99. The number of para-hydroxylation sites is 1. The van der Waals surface area contributed by atoms with Gasteiger partial charge in [0.25, 0.3) is 0 Å². The lowest BCUT2D eigenvalue weighted by molar-refractivity contribution is -0.137. The van der Waals surface area contributed by atoms with Crippen molar-refractivity contribution in [3.8, 4) is 0 Å². The van der Waals surface area contributed by atoms with Gasteiger partial charge in [0.1, 0.15) is 0 Å². The highest BCUT2D eigenvalue weighted by atomic mass is 32.2. The summed E-state index contributed by atoms with van der Waals surface area (Å²) in [5.41, 5.74) is 0.954. The lowest BCUT2D eigenvalue weighted by Gasteiger charge is -2.34. The van der Waals surface area contributed by atoms with Gasteiger partial charge in [0, 0.05) is 0 Å². The van der Waals surface area contributed by atoms with Crippen molar-refractivity contribution in [2.24, 2.45) is 0 Å². The van der Waals surface area contributed by atoms with Gasteiger partial charge in [-0.15, -0.1) is 0 Å². The Morgan fingerprint density at radius 1 is 1.00 bits per heavy atom. The first-order chi connectivity index (χ1) is 11.2. The molecule has 2 aromatic rings. The summed E-state index contributed by atoms with van der Waals surface area (Å²) in [5, 5.41) is 0. The van der Waals surface area contributed by atoms with Crippen molar-refractivity contribution in [3.05, 3.63) is 71.3 Å². The van der Waals surface area contributed by atoms with E-state index in [-0.39, 0.29) is 0 Å². The smallest absolute Gasteiger partial charge is 0.259 e. The summed E-state index contributed by atoms with van der Waals surface area (Å²) in [6, 6.07) is 10.8. The number of nitrogens with zero attached hydrogens (tertiary/aromatic N) is 1. The van der Waals surface area contributed by atoms with Crippen LogP contribution in [0.25, 0.3) is 6.08 Å². The van der Waals surface area contributed by atoms with Crippen LogP contribution in [0.4, 0.5) is 18.9 Å². The number of hydrogen-bond donors (Lipinski definition) is 0. The molecular weight excluding hydrogens is 339 g/mol. The number of halogens is 3. The van der Waals surface area contributed by atoms with Crippen LogP contribution >= 0.6 is 0 Å². The summed E-state index contributed by atoms with van der Waals surface area (Å²) in [7, 11) is -3.62. The molecule has 1 aliphatic rings. The van der Waals surface area contributed by atoms with E-state index < -0.39 is 27.8 Å². The maximum Gasteiger partial charge on any atom is 0.416 e. The molecule has 7 heteroatoms. The van der Waals surface area contributed by atoms with Crippen LogP contribution in [0, 0.1) is 0 Å². The van der Waals surface area contributed by atoms with Crippen LogP contribution < -0.4 is 4.31 Å². The maximum atomic E-state index is 12.7. The highest BCUT2D eigenvalue weighted by Crippen LogP contribution is 2.39. The minimum absolute atomic E-state index is 0.471. The van der Waals surface area contributed by atoms with E-state index >= 15 is 0 Å². The Kier molecular flexibility index (Phi) is 3.91. The van der Waals surface area contributed by atoms with E-state index in [4.69, 9.17) is 0 Å². The van der Waals surface area contributed by atoms with Gasteiger partial charge >= 0.3 is 6.18 Å². The average molecular weight is 353 g/mol. The third-order valence-electron chi connectivity index (χ3n) is 3.82. The summed E-state index contributed by atoms with van der Waals surface area (Å²) < 4.78 is 63.9. The van der Waals surface area contributed by atoms with Crippen LogP contribution in [0.3, 0.4) is 0 Å². The summed E-state index contributed by atoms with van der Waals surface area (Å²) in [5.74, 6) is 0. The van der Waals surface area contributed by atoms with Gasteiger partial charge in [0.2, 0.25) is 10.0 Å². The number of fused-ring (bicyclic) bond motifs is 1. The summed E-state index contributed by atoms with van der Waals surface area (Å²) in [4.78, 5) is 0. The minimum atomic E-state index is -4.43. The zero-order valence-electron chi connectivity index (χ0n) is 12.7. The number of sulfonamides is 1. The van der Waals surface area contributed by atoms with Crippen LogP contribution in [0.1, 0.15) is 22.7 Å². The van der Waals surface area contributed by atoms with Crippen molar-refractivity contribution in [2.75, 3.05) is 10.6 Å². The monoisotopic (exact) mass is 353 g/mol. The number of hydrogen-bond acceptors (Lipinski definition) is 2. The van der Waals surface area contributed by atoms with Gasteiger partial charge in [0.05, 0.1) is 23.5 Å². The SMILES string of the molecule is CS(=O)(=O)N1c2ccccc2C=CC1c1ccc(C(F)(F)F)cc1. The van der Waals surface area contributed by atoms with Crippen LogP contribution in [-0.2, 0) is 16.2 Å². The average Bonchev–Trinajstić information content (AvgIpc) is 2.52. The zero-order chi connectivity index (χ0) is 17.5. The molecule has 0 bridgehead atoms. The summed E-state index contributed by atoms with van der Waals surface area (Å²) in [6.07, 6.45) is 0.107. The Morgan fingerprint density at radius 2 is 1.62 bits per heavy atom. The van der Waals surface area contributed by atoms with Gasteiger partial charge < -0.3 is 0 Å². The molecule has 0 saturated carbocycles. The largest absolute Gasteiger partial charge is 0.416 e. The molecule has 0 N–H and O–H groups in total. The summed E-state index contributed by atoms with van der Waals surface area (Å²) in [6.45, 7) is 0. The van der Waals surface area contributed by atoms with Crippen molar-refractivity contribution in [1.29, 1.82) is 0 Å². The van der Waals surface area contributed by atoms with Gasteiger partial charge in [0.15, 0.2) is 0 Å². The highest BCUT2D eigenvalue weighted by Gasteiger charge is 2.33. The first-order valence-electron chi connectivity index (χ1n) is 7.12. The van der Waals surface area contributed by atoms with Crippen LogP contribution in [0.2, 0.25) is 0 Å². The van der Waals surface area contributed by atoms with E-state index in [9.17, 15) is 21.6 Å². The predicted molar refractivity (Wildman–Crippen MR) is 87.0 cm³/mol. The standard InChI is InChI=1S/C17H14F3NO2S/c1-24(22,23)21-15-5-3-2-4-12(15)8-11-16(21)13-6-9-14(10-7-13)17(18,19)20/h2-11,16H,1H3. The second kappa shape index (κ2) is 5.66. The molecule has 2 aromatic carbocycles. The highest BCUT2D eigenvalue weighted by molar-refractivity contribution is 7.92. The Labute approximate surface area is 138 Å². The van der Waals surface area contributed by atoms with E-state index in [2.05, 4.69) is 0 Å². The van der Waals surface area contributed by atoms with Crippen molar-refractivity contribution in [1.82, 2.24) is 0 Å². The molecule has 24 heavy (non-hydrogen) atoms. The predicted octanol–water partition coefficient (Wildman–Crippen LogP) is 4.24. The fourth-order valence-corrected chi connectivity index (χ4v) is 3.88. The molecule has 1 unspecified atom stereocenters. The zero-order valence-corrected chi connectivity index (χ0v) is 13.5. The lowest BCUT2D eigenvalue weighted by Crippen LogP contribution is -2.35. The Hall–Kier alpha value is -2.28. The Bertz CT molecular complexity index is 887. The first-order valence-corrected chi connectivity index (χ1v) is 8.96. The van der Waals surface area contributed by atoms with Gasteiger partial charge in [-0.25, -0.2) is 8.42 Å². The van der Waals surface area contributed by atoms with E-state index in [1.165, 1.54) is 16.4 Å². The molecule has 0 spiro atoms. The summed E-state index contributed by atoms with van der Waals surface area (Å²) >= 11 is 0. The van der Waals surface area contributed by atoms with E-state index in [1.54, 1.807) is 36.4 Å². The van der Waals surface area contributed by atoms with Crippen molar-refractivity contribution in [2.45, 2.75) is 12.2 Å². The number of benzene rings is 2. The topological polar surface area (TPSA) is 37.4 Å². The normalized spacial score (nSPS) is 17.7. The van der Waals surface area contributed by atoms with Gasteiger partial charge in [-0.2, -0.15) is 13.2 Å². The maximum absolute atomic E-state index is 12.7. The van der Waals surface area contributed by atoms with Gasteiger partial charge in [-0.05, 0) is 29.3 Å². The molecule has 1 heterocycles. The molecule has 0 amide bonds. The number of anilines is 1. The molecule has 0 saturated heterocycles. The molecule has 0 fully saturated rings. The van der Waals surface area contributed by atoms with E-state index in [1.807, 2.05) is 0 Å². The van der Waals surface area contributed by atoms with Gasteiger partial charge in [-0.3, -0.25) is 4.31 Å². The molecule has 1 aliphatic heterocycles. The second-order valence-electron chi connectivity index (χ2n) is 5.54. The minimum Gasteiger partial charge on any atom is -0.259 e. The number of alkyl halides is 3. The quantitative estimate of drug-likeness (QED) is 0.810. The van der Waals surface area contributed by atoms with E-state index in [0.717, 1.165) is 24.0 Å². The van der Waals surface area contributed by atoms with Gasteiger partial charge in [-0.1, -0.05) is 42.5 Å². The third-order valence-corrected chi connectivity index (χ3v) is 4.96. The molecular formula is C17H14F3NO2S. The number of rotatable bonds is 2. The molecule has 3 rings (SSSR count). The van der Waals surface area contributed by atoms with Crippen molar-refractivity contribution < 1.29 is 21.6 Å². The van der Waals surface area contributed by atoms with E-state index in [0.29, 0.717) is 11.3 Å². The third kappa shape index (κ3) is 3.03. The molecule has 0 aliphatic carbocycles. The molecule has 0 radical (unpaired) electrons. The van der Waals surface area contributed by atoms with Crippen LogP contribution in [0.15, 0.2) is 54.6 Å². The van der Waals surface area contributed by atoms with Crippen molar-refractivity contribution >= 4 is 21.8 Å². The Balaban J connectivity index is 2.07. The molecule has 0 aromatic heterocycles. The van der Waals surface area contributed by atoms with Crippen LogP contribution in [0.5, 0.6) is 0 Å².